The lowest BCUT2D eigenvalue weighted by atomic mass is 10.1. The van der Waals surface area contributed by atoms with Crippen molar-refractivity contribution in [1.82, 2.24) is 0 Å². The molecule has 1 saturated heterocycles. The number of ether oxygens (including phenoxy) is 3. The largest absolute Gasteiger partial charge is 0.497 e. The number of nitrogens with zero attached hydrogens (tertiary/aromatic N) is 1. The minimum atomic E-state index is -0.419. The highest BCUT2D eigenvalue weighted by atomic mass is 32.2. The second-order valence-electron chi connectivity index (χ2n) is 5.69. The van der Waals surface area contributed by atoms with Crippen molar-refractivity contribution in [2.75, 3.05) is 25.7 Å². The average molecular weight is 397 g/mol. The van der Waals surface area contributed by atoms with Crippen LogP contribution in [-0.2, 0) is 4.79 Å². The molecule has 0 aliphatic carbocycles. The molecule has 0 saturated carbocycles. The molecule has 1 aliphatic rings. The first kappa shape index (κ1) is 19.6. The molecular formula is C21H19NO5S. The lowest BCUT2D eigenvalue weighted by Crippen LogP contribution is -2.28. The molecule has 0 spiro atoms. The second kappa shape index (κ2) is 8.67. The summed E-state index contributed by atoms with van der Waals surface area (Å²) in [4.78, 5) is 26.9. The number of hydrogen-bond donors (Lipinski definition) is 0. The van der Waals surface area contributed by atoms with Gasteiger partial charge in [-0.1, -0.05) is 30.9 Å². The Bertz CT molecular complexity index is 954. The van der Waals surface area contributed by atoms with Gasteiger partial charge in [0.05, 0.1) is 24.8 Å². The van der Waals surface area contributed by atoms with E-state index in [1.165, 1.54) is 14.2 Å². The zero-order chi connectivity index (χ0) is 20.1. The van der Waals surface area contributed by atoms with Gasteiger partial charge in [0.2, 0.25) is 0 Å². The molecule has 0 N–H and O–H groups in total. The van der Waals surface area contributed by atoms with Gasteiger partial charge in [0.25, 0.3) is 11.1 Å². The van der Waals surface area contributed by atoms with Gasteiger partial charge in [-0.3, -0.25) is 9.59 Å². The minimum absolute atomic E-state index is 0.303. The molecule has 28 heavy (non-hydrogen) atoms. The Morgan fingerprint density at radius 3 is 2.57 bits per heavy atom. The molecule has 1 aliphatic heterocycles. The Labute approximate surface area is 167 Å². The molecule has 144 valence electrons. The predicted octanol–water partition coefficient (Wildman–Crippen LogP) is 4.51. The number of carbonyl (C=O) groups is 2. The average Bonchev–Trinajstić information content (AvgIpc) is 2.99. The maximum Gasteiger partial charge on any atom is 0.298 e. The van der Waals surface area contributed by atoms with Crippen molar-refractivity contribution in [3.05, 3.63) is 65.6 Å². The van der Waals surface area contributed by atoms with E-state index in [1.807, 2.05) is 18.2 Å². The summed E-state index contributed by atoms with van der Waals surface area (Å²) >= 11 is 0.869. The van der Waals surface area contributed by atoms with Crippen LogP contribution >= 0.6 is 11.8 Å². The van der Waals surface area contributed by atoms with Crippen LogP contribution in [-0.4, -0.2) is 32.0 Å². The standard InChI is InChI=1S/C21H19NO5S/c1-4-11-27-17-8-6-5-7-14(17)12-19-20(23)22(21(24)28-19)16-10-9-15(25-2)13-18(16)26-3/h4-10,12-13H,1,11H2,2-3H3/b19-12-. The number of hydrogen-bond acceptors (Lipinski definition) is 6. The van der Waals surface area contributed by atoms with Crippen LogP contribution in [0.25, 0.3) is 6.08 Å². The smallest absolute Gasteiger partial charge is 0.298 e. The molecule has 0 unspecified atom stereocenters. The van der Waals surface area contributed by atoms with Gasteiger partial charge in [0.15, 0.2) is 0 Å². The highest BCUT2D eigenvalue weighted by Gasteiger charge is 2.38. The monoisotopic (exact) mass is 397 g/mol. The maximum atomic E-state index is 12.9. The molecule has 2 aromatic rings. The first-order valence-electron chi connectivity index (χ1n) is 8.41. The summed E-state index contributed by atoms with van der Waals surface area (Å²) in [5.74, 6) is 1.13. The zero-order valence-corrected chi connectivity index (χ0v) is 16.3. The number of rotatable bonds is 7. The van der Waals surface area contributed by atoms with Crippen LogP contribution in [0.1, 0.15) is 5.56 Å². The van der Waals surface area contributed by atoms with Crippen LogP contribution in [0.2, 0.25) is 0 Å². The van der Waals surface area contributed by atoms with Crippen LogP contribution in [0.15, 0.2) is 60.0 Å². The summed E-state index contributed by atoms with van der Waals surface area (Å²) in [6.07, 6.45) is 3.29. The zero-order valence-electron chi connectivity index (χ0n) is 15.5. The normalized spacial score (nSPS) is 15.1. The van der Waals surface area contributed by atoms with E-state index >= 15 is 0 Å². The molecule has 2 aromatic carbocycles. The van der Waals surface area contributed by atoms with Gasteiger partial charge < -0.3 is 14.2 Å². The van der Waals surface area contributed by atoms with Crippen molar-refractivity contribution < 1.29 is 23.8 Å². The third kappa shape index (κ3) is 3.89. The van der Waals surface area contributed by atoms with Gasteiger partial charge in [-0.2, -0.15) is 0 Å². The Balaban J connectivity index is 1.95. The fourth-order valence-electron chi connectivity index (χ4n) is 2.67. The maximum absolute atomic E-state index is 12.9. The number of anilines is 1. The third-order valence-corrected chi connectivity index (χ3v) is 4.85. The number of benzene rings is 2. The summed E-state index contributed by atoms with van der Waals surface area (Å²) in [6, 6.07) is 12.2. The highest BCUT2D eigenvalue weighted by molar-refractivity contribution is 8.19. The molecule has 6 nitrogen and oxygen atoms in total. The second-order valence-corrected chi connectivity index (χ2v) is 6.69. The Morgan fingerprint density at radius 2 is 1.86 bits per heavy atom. The topological polar surface area (TPSA) is 65.1 Å². The van der Waals surface area contributed by atoms with Gasteiger partial charge in [-0.25, -0.2) is 4.90 Å². The Hall–Kier alpha value is -3.19. The summed E-state index contributed by atoms with van der Waals surface area (Å²) in [5.41, 5.74) is 1.07. The lowest BCUT2D eigenvalue weighted by Gasteiger charge is -2.17. The van der Waals surface area contributed by atoms with Crippen molar-refractivity contribution in [3.63, 3.8) is 0 Å². The molecule has 3 rings (SSSR count). The lowest BCUT2D eigenvalue weighted by molar-refractivity contribution is -0.113. The molecule has 1 fully saturated rings. The van der Waals surface area contributed by atoms with E-state index in [1.54, 1.807) is 36.4 Å². The van der Waals surface area contributed by atoms with Gasteiger partial charge >= 0.3 is 0 Å². The summed E-state index contributed by atoms with van der Waals surface area (Å²) in [7, 11) is 3.00. The number of amides is 2. The van der Waals surface area contributed by atoms with E-state index in [0.29, 0.717) is 40.0 Å². The first-order valence-corrected chi connectivity index (χ1v) is 9.23. The molecule has 0 radical (unpaired) electrons. The van der Waals surface area contributed by atoms with Crippen LogP contribution < -0.4 is 19.1 Å². The molecule has 0 bridgehead atoms. The number of carbonyl (C=O) groups excluding carboxylic acids is 2. The fourth-order valence-corrected chi connectivity index (χ4v) is 3.49. The minimum Gasteiger partial charge on any atom is -0.497 e. The summed E-state index contributed by atoms with van der Waals surface area (Å²) in [6.45, 7) is 3.97. The van der Waals surface area contributed by atoms with E-state index < -0.39 is 11.1 Å². The van der Waals surface area contributed by atoms with Crippen molar-refractivity contribution in [2.45, 2.75) is 0 Å². The molecule has 0 aromatic heterocycles. The van der Waals surface area contributed by atoms with Crippen molar-refractivity contribution in [3.8, 4) is 17.2 Å². The summed E-state index contributed by atoms with van der Waals surface area (Å²) < 4.78 is 16.1. The summed E-state index contributed by atoms with van der Waals surface area (Å²) in [5, 5.41) is -0.399. The number of methoxy groups -OCH3 is 2. The van der Waals surface area contributed by atoms with E-state index in [2.05, 4.69) is 6.58 Å². The fraction of sp³-hybridized carbons (Fsp3) is 0.143. The van der Waals surface area contributed by atoms with E-state index in [0.717, 1.165) is 16.7 Å². The van der Waals surface area contributed by atoms with E-state index in [9.17, 15) is 9.59 Å². The number of para-hydroxylation sites is 1. The first-order chi connectivity index (χ1) is 13.6. The van der Waals surface area contributed by atoms with E-state index in [-0.39, 0.29) is 0 Å². The molecule has 1 heterocycles. The van der Waals surface area contributed by atoms with Crippen molar-refractivity contribution in [2.24, 2.45) is 0 Å². The van der Waals surface area contributed by atoms with Crippen LogP contribution in [0.4, 0.5) is 10.5 Å². The Morgan fingerprint density at radius 1 is 1.07 bits per heavy atom. The van der Waals surface area contributed by atoms with Crippen molar-refractivity contribution >= 4 is 34.7 Å². The molecule has 0 atom stereocenters. The third-order valence-electron chi connectivity index (χ3n) is 3.98. The number of thioether (sulfide) groups is 1. The van der Waals surface area contributed by atoms with Gasteiger partial charge in [0.1, 0.15) is 23.9 Å². The van der Waals surface area contributed by atoms with Crippen LogP contribution in [0.5, 0.6) is 17.2 Å². The SMILES string of the molecule is C=CCOc1ccccc1/C=C1\SC(=O)N(c2ccc(OC)cc2OC)C1=O. The van der Waals surface area contributed by atoms with Gasteiger partial charge in [-0.05, 0) is 36.0 Å². The van der Waals surface area contributed by atoms with Crippen molar-refractivity contribution in [1.29, 1.82) is 0 Å². The molecule has 2 amide bonds. The highest BCUT2D eigenvalue weighted by Crippen LogP contribution is 2.41. The number of imide groups is 1. The van der Waals surface area contributed by atoms with Crippen LogP contribution in [0.3, 0.4) is 0 Å². The van der Waals surface area contributed by atoms with Gasteiger partial charge in [0, 0.05) is 11.6 Å². The van der Waals surface area contributed by atoms with Crippen LogP contribution in [0, 0.1) is 0 Å². The molecule has 7 heteroatoms. The predicted molar refractivity (Wildman–Crippen MR) is 110 cm³/mol. The van der Waals surface area contributed by atoms with E-state index in [4.69, 9.17) is 14.2 Å². The molecular weight excluding hydrogens is 378 g/mol. The Kier molecular flexibility index (Phi) is 6.06. The quantitative estimate of drug-likeness (QED) is 0.506. The van der Waals surface area contributed by atoms with Gasteiger partial charge in [-0.15, -0.1) is 0 Å².